The van der Waals surface area contributed by atoms with Crippen LogP contribution in [0.3, 0.4) is 0 Å². The van der Waals surface area contributed by atoms with Crippen LogP contribution in [0.4, 0.5) is 5.13 Å². The number of rotatable bonds is 14. The Morgan fingerprint density at radius 1 is 1.36 bits per heavy atom. The Labute approximate surface area is 224 Å². The Hall–Kier alpha value is -3.79. The van der Waals surface area contributed by atoms with Crippen LogP contribution in [0.2, 0.25) is 0 Å². The Morgan fingerprint density at radius 3 is 2.69 bits per heavy atom. The smallest absolute Gasteiger partial charge is 0.362 e. The molecule has 21 heteroatoms. The van der Waals surface area contributed by atoms with Crippen LogP contribution in [-0.2, 0) is 42.6 Å². The summed E-state index contributed by atoms with van der Waals surface area (Å²) in [6.45, 7) is 1.20. The first-order valence-electron chi connectivity index (χ1n) is 11.5. The second-order valence-corrected chi connectivity index (χ2v) is 10.7. The van der Waals surface area contributed by atoms with Crippen molar-refractivity contribution in [3.63, 3.8) is 0 Å². The molecule has 2 amide bonds. The van der Waals surface area contributed by atoms with Crippen LogP contribution in [-0.4, -0.2) is 101 Å². The predicted molar refractivity (Wildman–Crippen MR) is 131 cm³/mol. The molecule has 2 aromatic rings. The summed E-state index contributed by atoms with van der Waals surface area (Å²) in [6.07, 6.45) is 2.49. The van der Waals surface area contributed by atoms with Gasteiger partial charge in [-0.05, 0) is 19.5 Å². The number of carboxylic acids is 1. The summed E-state index contributed by atoms with van der Waals surface area (Å²) >= 11 is 0.726. The first kappa shape index (κ1) is 28.2. The van der Waals surface area contributed by atoms with E-state index in [9.17, 15) is 32.5 Å². The van der Waals surface area contributed by atoms with Crippen molar-refractivity contribution in [2.45, 2.75) is 50.0 Å². The molecule has 8 N–H and O–H groups in total. The summed E-state index contributed by atoms with van der Waals surface area (Å²) in [5.41, 5.74) is 9.35. The van der Waals surface area contributed by atoms with Crippen LogP contribution < -0.4 is 22.1 Å². The van der Waals surface area contributed by atoms with Gasteiger partial charge in [-0.25, -0.2) is 9.10 Å². The van der Waals surface area contributed by atoms with E-state index in [1.165, 1.54) is 6.20 Å². The minimum Gasteiger partial charge on any atom is -0.478 e. The van der Waals surface area contributed by atoms with Crippen molar-refractivity contribution in [2.75, 3.05) is 18.8 Å². The molecule has 3 heterocycles. The monoisotopic (exact) mass is 587 g/mol. The highest BCUT2D eigenvalue weighted by Crippen LogP contribution is 2.40. The normalized spacial score (nSPS) is 20.4. The third-order valence-corrected chi connectivity index (χ3v) is 7.27. The van der Waals surface area contributed by atoms with Crippen molar-refractivity contribution in [3.05, 3.63) is 17.7 Å². The number of β-lactam (4-membered cyclic amide) rings is 1. The molecule has 1 aliphatic carbocycles. The molecule has 39 heavy (non-hydrogen) atoms. The van der Waals surface area contributed by atoms with Gasteiger partial charge in [0.25, 0.3) is 11.8 Å². The van der Waals surface area contributed by atoms with Gasteiger partial charge in [0.05, 0.1) is 18.4 Å². The quantitative estimate of drug-likeness (QED) is 0.0414. The number of nitrogens with zero attached hydrogens (tertiary/aromatic N) is 7. The maximum absolute atomic E-state index is 13.1. The Balaban J connectivity index is 1.51. The molecular weight excluding hydrogens is 562 g/mol. The molecule has 0 spiro atoms. The molecule has 0 bridgehead atoms. The van der Waals surface area contributed by atoms with Gasteiger partial charge in [-0.2, -0.15) is 32.8 Å². The Morgan fingerprint density at radius 2 is 2.10 bits per heavy atom. The van der Waals surface area contributed by atoms with Crippen molar-refractivity contribution in [3.8, 4) is 0 Å². The predicted octanol–water partition coefficient (Wildman–Crippen LogP) is -3.31. The second kappa shape index (κ2) is 11.1. The molecule has 1 saturated carbocycles. The van der Waals surface area contributed by atoms with Gasteiger partial charge in [0.1, 0.15) is 12.1 Å². The number of anilines is 1. The lowest BCUT2D eigenvalue weighted by atomic mass is 9.98. The molecule has 212 valence electrons. The first-order valence-corrected chi connectivity index (χ1v) is 13.6. The van der Waals surface area contributed by atoms with Crippen LogP contribution in [0, 0.1) is 0 Å². The summed E-state index contributed by atoms with van der Waals surface area (Å²) in [4.78, 5) is 47.2. The molecule has 1 aliphatic heterocycles. The number of nitrogens with two attached hydrogens (primary N) is 2. The zero-order chi connectivity index (χ0) is 28.4. The maximum atomic E-state index is 13.1. The number of aliphatic carboxylic acids is 1. The van der Waals surface area contributed by atoms with Gasteiger partial charge in [0.15, 0.2) is 5.13 Å². The molecular formula is C18H25N11O8S2. The van der Waals surface area contributed by atoms with E-state index in [0.717, 1.165) is 22.7 Å². The maximum Gasteiger partial charge on any atom is 0.362 e. The van der Waals surface area contributed by atoms with Crippen molar-refractivity contribution in [2.24, 2.45) is 10.9 Å². The highest BCUT2D eigenvalue weighted by Gasteiger charge is 2.56. The lowest BCUT2D eigenvalue weighted by Gasteiger charge is -2.43. The average Bonchev–Trinajstić information content (AvgIpc) is 3.33. The van der Waals surface area contributed by atoms with Crippen LogP contribution in [0.25, 0.3) is 0 Å². The van der Waals surface area contributed by atoms with E-state index in [-0.39, 0.29) is 34.6 Å². The average molecular weight is 588 g/mol. The minimum absolute atomic E-state index is 0.0295. The standard InChI is InChI=1S/C18H25N11O8S2/c19-4-1-5-21-6-9-7-22-28(25-9)8-10-11(15(31)29(10)39(34,35)36)23-14(30)12(13-24-17(20)38-27-13)26-37-18(2-3-18)16(32)33/h7,10-11,21H,1-6,8,19H2,(H,23,30)(H,32,33)(H2,20,24,27)(H,34,35,36)/b26-12-/t10-,11+/m1/s1. The fourth-order valence-electron chi connectivity index (χ4n) is 3.57. The van der Waals surface area contributed by atoms with Gasteiger partial charge in [-0.15, -0.1) is 0 Å². The molecule has 2 fully saturated rings. The van der Waals surface area contributed by atoms with Crippen molar-refractivity contribution in [1.29, 1.82) is 0 Å². The number of carboxylic acid groups (broad SMARTS) is 1. The summed E-state index contributed by atoms with van der Waals surface area (Å²) < 4.78 is 37.3. The van der Waals surface area contributed by atoms with E-state index in [4.69, 9.17) is 16.3 Å². The van der Waals surface area contributed by atoms with Crippen LogP contribution in [0.5, 0.6) is 0 Å². The van der Waals surface area contributed by atoms with Crippen LogP contribution >= 0.6 is 11.5 Å². The number of amides is 2. The lowest BCUT2D eigenvalue weighted by Crippen LogP contribution is -2.73. The van der Waals surface area contributed by atoms with E-state index in [2.05, 4.69) is 35.3 Å². The number of nitrogens with one attached hydrogen (secondary N) is 2. The van der Waals surface area contributed by atoms with E-state index in [1.54, 1.807) is 0 Å². The van der Waals surface area contributed by atoms with Crippen molar-refractivity contribution >= 4 is 50.5 Å². The Kier molecular flexibility index (Phi) is 8.06. The van der Waals surface area contributed by atoms with Gasteiger partial charge >= 0.3 is 16.3 Å². The third kappa shape index (κ3) is 6.27. The number of nitrogen functional groups attached to an aromatic ring is 1. The number of carbonyl (C=O) groups is 3. The van der Waals surface area contributed by atoms with Gasteiger partial charge in [0.2, 0.25) is 17.1 Å². The molecule has 4 rings (SSSR count). The molecule has 0 radical (unpaired) electrons. The number of hydrogen-bond donors (Lipinski definition) is 6. The fourth-order valence-corrected chi connectivity index (χ4v) is 4.88. The summed E-state index contributed by atoms with van der Waals surface area (Å²) in [5.74, 6) is -3.80. The van der Waals surface area contributed by atoms with Gasteiger partial charge < -0.3 is 32.0 Å². The van der Waals surface area contributed by atoms with Gasteiger partial charge in [-0.3, -0.25) is 14.1 Å². The largest absolute Gasteiger partial charge is 0.478 e. The van der Waals surface area contributed by atoms with E-state index >= 15 is 0 Å². The highest BCUT2D eigenvalue weighted by atomic mass is 32.2. The van der Waals surface area contributed by atoms with Gasteiger partial charge in [0, 0.05) is 30.9 Å². The zero-order valence-electron chi connectivity index (χ0n) is 20.1. The van der Waals surface area contributed by atoms with Crippen molar-refractivity contribution < 1.29 is 37.3 Å². The molecule has 2 aliphatic rings. The first-order chi connectivity index (χ1) is 18.4. The molecule has 2 atom stereocenters. The van der Waals surface area contributed by atoms with E-state index in [0.29, 0.717) is 25.3 Å². The topological polar surface area (TPSA) is 283 Å². The molecule has 0 unspecified atom stereocenters. The van der Waals surface area contributed by atoms with Crippen LogP contribution in [0.15, 0.2) is 11.4 Å². The van der Waals surface area contributed by atoms with E-state index < -0.39 is 51.5 Å². The second-order valence-electron chi connectivity index (χ2n) is 8.63. The number of oxime groups is 1. The SMILES string of the molecule is NCCCNCc1cnn(C[C@@H]2[C@H](NC(=O)/C(=N\OC3(C(=O)O)CC3)c3nsc(N)n3)C(=O)N2S(=O)(=O)O)n1. The van der Waals surface area contributed by atoms with Crippen LogP contribution in [0.1, 0.15) is 30.8 Å². The Bertz CT molecular complexity index is 1390. The fraction of sp³-hybridized carbons (Fsp3) is 0.556. The van der Waals surface area contributed by atoms with Gasteiger partial charge in [-0.1, -0.05) is 5.16 Å². The molecule has 0 aromatic carbocycles. The third-order valence-electron chi connectivity index (χ3n) is 5.78. The molecule has 1 saturated heterocycles. The zero-order valence-corrected chi connectivity index (χ0v) is 21.8. The molecule has 2 aromatic heterocycles. The number of aromatic nitrogens is 5. The van der Waals surface area contributed by atoms with E-state index in [1.807, 2.05) is 0 Å². The number of carbonyl (C=O) groups excluding carboxylic acids is 2. The minimum atomic E-state index is -4.99. The summed E-state index contributed by atoms with van der Waals surface area (Å²) in [5, 5.41) is 26.6. The molecule has 19 nitrogen and oxygen atoms in total. The summed E-state index contributed by atoms with van der Waals surface area (Å²) in [6, 6.07) is -2.78. The number of hydrogen-bond acceptors (Lipinski definition) is 15. The highest BCUT2D eigenvalue weighted by molar-refractivity contribution is 7.84. The summed E-state index contributed by atoms with van der Waals surface area (Å²) in [7, 11) is -4.99. The lowest BCUT2D eigenvalue weighted by molar-refractivity contribution is -0.153. The van der Waals surface area contributed by atoms with Crippen molar-refractivity contribution in [1.82, 2.24) is 39.3 Å².